The monoisotopic (exact) mass is 622 g/mol. The van der Waals surface area contributed by atoms with E-state index in [-0.39, 0.29) is 42.0 Å². The van der Waals surface area contributed by atoms with Crippen LogP contribution in [0.3, 0.4) is 0 Å². The molecule has 3 atom stereocenters. The molecule has 2 N–H and O–H groups in total. The van der Waals surface area contributed by atoms with Gasteiger partial charge in [-0.3, -0.25) is 4.79 Å². The third-order valence-corrected chi connectivity index (χ3v) is 10.6. The molecule has 3 fully saturated rings. The molecule has 5 rings (SSSR count). The molecular weight excluding hydrogens is 572 g/mol. The predicted octanol–water partition coefficient (Wildman–Crippen LogP) is 6.22. The Morgan fingerprint density at radius 2 is 1.64 bits per heavy atom. The largest absolute Gasteiger partial charge is 0.385 e. The summed E-state index contributed by atoms with van der Waals surface area (Å²) in [7, 11) is 3.70. The molecule has 3 amide bonds. The van der Waals surface area contributed by atoms with E-state index in [1.165, 1.54) is 19.3 Å². The van der Waals surface area contributed by atoms with Crippen molar-refractivity contribution in [2.75, 3.05) is 27.2 Å². The summed E-state index contributed by atoms with van der Waals surface area (Å²) in [5, 5.41) is 15.8. The molecule has 44 heavy (non-hydrogen) atoms. The van der Waals surface area contributed by atoms with Crippen LogP contribution in [-0.4, -0.2) is 83.1 Å². The quantitative estimate of drug-likeness (QED) is 0.366. The van der Waals surface area contributed by atoms with Crippen LogP contribution in [0.1, 0.15) is 82.3 Å². The zero-order valence-corrected chi connectivity index (χ0v) is 27.5. The van der Waals surface area contributed by atoms with Gasteiger partial charge >= 0.3 is 6.03 Å². The van der Waals surface area contributed by atoms with Crippen LogP contribution in [-0.2, 0) is 16.8 Å². The van der Waals surface area contributed by atoms with Gasteiger partial charge in [0.1, 0.15) is 0 Å². The predicted molar refractivity (Wildman–Crippen MR) is 177 cm³/mol. The summed E-state index contributed by atoms with van der Waals surface area (Å²) in [6.07, 6.45) is 10.0. The van der Waals surface area contributed by atoms with Crippen molar-refractivity contribution in [2.24, 2.45) is 5.92 Å². The highest BCUT2D eigenvalue weighted by molar-refractivity contribution is 6.30. The minimum atomic E-state index is -0.819. The molecule has 1 aliphatic heterocycles. The second-order valence-electron chi connectivity index (χ2n) is 13.7. The Morgan fingerprint density at radius 1 is 0.977 bits per heavy atom. The first kappa shape index (κ1) is 32.8. The van der Waals surface area contributed by atoms with Gasteiger partial charge in [-0.15, -0.1) is 0 Å². The summed E-state index contributed by atoms with van der Waals surface area (Å²) in [6.45, 7) is 3.50. The number of amides is 3. The molecular formula is C36H51ClN4O3. The van der Waals surface area contributed by atoms with Crippen LogP contribution in [0.25, 0.3) is 0 Å². The first-order valence-corrected chi connectivity index (χ1v) is 17.1. The van der Waals surface area contributed by atoms with Gasteiger partial charge in [0.15, 0.2) is 0 Å². The molecule has 7 nitrogen and oxygen atoms in total. The fraction of sp³-hybridized carbons (Fsp3) is 0.611. The Bertz CT molecular complexity index is 1230. The number of halogens is 1. The van der Waals surface area contributed by atoms with E-state index >= 15 is 0 Å². The minimum absolute atomic E-state index is 0.101. The number of carbonyl (C=O) groups is 2. The highest BCUT2D eigenvalue weighted by Crippen LogP contribution is 2.37. The van der Waals surface area contributed by atoms with Crippen LogP contribution in [0.4, 0.5) is 4.79 Å². The smallest absolute Gasteiger partial charge is 0.319 e. The molecule has 1 heterocycles. The molecule has 0 bridgehead atoms. The van der Waals surface area contributed by atoms with Gasteiger partial charge in [-0.2, -0.15) is 0 Å². The van der Waals surface area contributed by atoms with Crippen molar-refractivity contribution < 1.29 is 14.7 Å². The summed E-state index contributed by atoms with van der Waals surface area (Å²) in [4.78, 5) is 33.6. The van der Waals surface area contributed by atoms with Gasteiger partial charge in [-0.25, -0.2) is 4.79 Å². The number of carbonyl (C=O) groups excluding carboxylic acids is 2. The van der Waals surface area contributed by atoms with E-state index in [0.29, 0.717) is 37.4 Å². The Hall–Kier alpha value is -2.61. The van der Waals surface area contributed by atoms with Crippen molar-refractivity contribution in [3.05, 3.63) is 70.7 Å². The maximum atomic E-state index is 14.3. The number of piperidine rings is 1. The third kappa shape index (κ3) is 7.78. The number of hydrogen-bond acceptors (Lipinski definition) is 4. The van der Waals surface area contributed by atoms with Crippen molar-refractivity contribution in [1.82, 2.24) is 20.0 Å². The van der Waals surface area contributed by atoms with Crippen LogP contribution in [0.5, 0.6) is 0 Å². The molecule has 2 aliphatic carbocycles. The normalized spacial score (nSPS) is 27.0. The van der Waals surface area contributed by atoms with E-state index in [9.17, 15) is 14.7 Å². The van der Waals surface area contributed by atoms with E-state index in [4.69, 9.17) is 11.6 Å². The number of rotatable bonds is 8. The molecule has 1 saturated heterocycles. The van der Waals surface area contributed by atoms with Crippen molar-refractivity contribution in [1.29, 1.82) is 0 Å². The molecule has 2 unspecified atom stereocenters. The maximum absolute atomic E-state index is 14.3. The first-order valence-electron chi connectivity index (χ1n) is 16.7. The summed E-state index contributed by atoms with van der Waals surface area (Å²) in [5.41, 5.74) is 1.22. The highest BCUT2D eigenvalue weighted by atomic mass is 35.5. The number of benzene rings is 2. The van der Waals surface area contributed by atoms with Crippen molar-refractivity contribution in [2.45, 2.75) is 107 Å². The van der Waals surface area contributed by atoms with Gasteiger partial charge in [0.25, 0.3) is 0 Å². The second-order valence-corrected chi connectivity index (χ2v) is 14.2. The van der Waals surface area contributed by atoms with Gasteiger partial charge in [0, 0.05) is 50.3 Å². The summed E-state index contributed by atoms with van der Waals surface area (Å²) >= 11 is 6.17. The van der Waals surface area contributed by atoms with Gasteiger partial charge in [-0.05, 0) is 80.5 Å². The summed E-state index contributed by atoms with van der Waals surface area (Å²) in [5.74, 6) is 0.308. The SMILES string of the molecule is CC1CN(C(=O)[C@H](Cc2ccc(Cl)cc2)NC2CCC(O)(c3ccccc3)CC2)CCC1N(C(=O)N(C)C)C1CCCCC1. The number of likely N-dealkylation sites (tertiary alicyclic amines) is 1. The third-order valence-electron chi connectivity index (χ3n) is 10.3. The van der Waals surface area contributed by atoms with Crippen LogP contribution in [0.2, 0.25) is 5.02 Å². The maximum Gasteiger partial charge on any atom is 0.319 e. The zero-order valence-electron chi connectivity index (χ0n) is 26.8. The van der Waals surface area contributed by atoms with Crippen LogP contribution >= 0.6 is 11.6 Å². The fourth-order valence-electron chi connectivity index (χ4n) is 7.78. The number of aliphatic hydroxyl groups is 1. The van der Waals surface area contributed by atoms with E-state index in [1.54, 1.807) is 4.90 Å². The van der Waals surface area contributed by atoms with Crippen LogP contribution < -0.4 is 5.32 Å². The van der Waals surface area contributed by atoms with Crippen LogP contribution in [0, 0.1) is 5.92 Å². The lowest BCUT2D eigenvalue weighted by Crippen LogP contribution is -2.60. The molecule has 0 aromatic heterocycles. The van der Waals surface area contributed by atoms with Gasteiger partial charge in [-0.1, -0.05) is 80.3 Å². The molecule has 0 spiro atoms. The Labute approximate surface area is 268 Å². The lowest BCUT2D eigenvalue weighted by molar-refractivity contribution is -0.136. The summed E-state index contributed by atoms with van der Waals surface area (Å²) < 4.78 is 0. The standard InChI is InChI=1S/C36H51ClN4O3/c1-26-25-40(23-20-33(26)41(35(43)39(2)3)31-12-8-5-9-13-31)34(42)32(24-27-14-16-29(37)17-15-27)38-30-18-21-36(44,22-19-30)28-10-6-4-7-11-28/h4,6-7,10-11,14-17,26,30-33,38,44H,5,8-9,12-13,18-25H2,1-3H3/t26?,30?,32-,33?,36?/m0/s1. The van der Waals surface area contributed by atoms with E-state index < -0.39 is 5.60 Å². The van der Waals surface area contributed by atoms with Crippen LogP contribution in [0.15, 0.2) is 54.6 Å². The average Bonchev–Trinajstić information content (AvgIpc) is 3.04. The molecule has 2 aromatic rings. The lowest BCUT2D eigenvalue weighted by atomic mass is 9.77. The molecule has 2 aromatic carbocycles. The fourth-order valence-corrected chi connectivity index (χ4v) is 7.91. The Kier molecular flexibility index (Phi) is 10.9. The zero-order chi connectivity index (χ0) is 31.3. The lowest BCUT2D eigenvalue weighted by Gasteiger charge is -2.48. The van der Waals surface area contributed by atoms with Crippen molar-refractivity contribution in [3.8, 4) is 0 Å². The number of hydrogen-bond donors (Lipinski definition) is 2. The summed E-state index contributed by atoms with van der Waals surface area (Å²) in [6, 6.07) is 18.0. The van der Waals surface area contributed by atoms with Gasteiger partial charge < -0.3 is 25.1 Å². The number of nitrogens with zero attached hydrogens (tertiary/aromatic N) is 3. The number of urea groups is 1. The first-order chi connectivity index (χ1) is 21.1. The average molecular weight is 623 g/mol. The van der Waals surface area contributed by atoms with E-state index in [2.05, 4.69) is 17.1 Å². The van der Waals surface area contributed by atoms with E-state index in [0.717, 1.165) is 43.2 Å². The van der Waals surface area contributed by atoms with Gasteiger partial charge in [0.05, 0.1) is 11.6 Å². The minimum Gasteiger partial charge on any atom is -0.385 e. The Balaban J connectivity index is 1.27. The number of nitrogens with one attached hydrogen (secondary N) is 1. The molecule has 2 saturated carbocycles. The molecule has 8 heteroatoms. The topological polar surface area (TPSA) is 76.1 Å². The highest BCUT2D eigenvalue weighted by Gasteiger charge is 2.41. The Morgan fingerprint density at radius 3 is 2.25 bits per heavy atom. The van der Waals surface area contributed by atoms with E-state index in [1.807, 2.05) is 73.6 Å². The molecule has 3 aliphatic rings. The van der Waals surface area contributed by atoms with Crippen molar-refractivity contribution in [3.63, 3.8) is 0 Å². The second kappa shape index (κ2) is 14.7. The molecule has 0 radical (unpaired) electrons. The molecule has 240 valence electrons. The van der Waals surface area contributed by atoms with Gasteiger partial charge in [0.2, 0.25) is 5.91 Å². The van der Waals surface area contributed by atoms with Crippen molar-refractivity contribution >= 4 is 23.5 Å².